The highest BCUT2D eigenvalue weighted by Gasteiger charge is 2.32. The van der Waals surface area contributed by atoms with E-state index in [0.29, 0.717) is 74.4 Å². The maximum atomic E-state index is 9.78. The maximum Gasteiger partial charge on any atom is 0.200 e. The molecule has 2 fully saturated rings. The summed E-state index contributed by atoms with van der Waals surface area (Å²) >= 11 is 6.56. The van der Waals surface area contributed by atoms with Crippen LogP contribution < -0.4 is 16.0 Å². The molecule has 0 unspecified atom stereocenters. The molecule has 4 rings (SSSR count). The number of nitrogens with zero attached hydrogens (tertiary/aromatic N) is 7. The molecule has 13 heteroatoms. The zero-order chi connectivity index (χ0) is 30.7. The molecular weight excluding hydrogens is 568 g/mol. The first-order valence-corrected chi connectivity index (χ1v) is 15.3. The fourth-order valence-corrected chi connectivity index (χ4v) is 5.58. The van der Waals surface area contributed by atoms with Crippen LogP contribution in [0.4, 0.5) is 5.82 Å². The summed E-state index contributed by atoms with van der Waals surface area (Å²) < 4.78 is 11.2. The predicted octanol–water partition coefficient (Wildman–Crippen LogP) is 3.94. The zero-order valence-corrected chi connectivity index (χ0v) is 26.1. The van der Waals surface area contributed by atoms with Gasteiger partial charge in [-0.1, -0.05) is 17.7 Å². The molecule has 2 aromatic rings. The third-order valence-electron chi connectivity index (χ3n) is 7.89. The molecule has 0 radical (unpaired) electrons. The lowest BCUT2D eigenvalue weighted by Crippen LogP contribution is -2.44. The molecule has 1 aliphatic carbocycles. The SMILES string of the molecule is C=N/C(=C\C(=C(/C)Cl)c1cccc(NCC2(C#N)CCOCC2)n1)NC1CCC(N[C@H](C)COCc2nnn(C)n2)CC1. The Bertz CT molecular complexity index is 1300. The van der Waals surface area contributed by atoms with Crippen LogP contribution in [-0.2, 0) is 23.1 Å². The third-order valence-corrected chi connectivity index (χ3v) is 8.09. The van der Waals surface area contributed by atoms with E-state index in [9.17, 15) is 5.26 Å². The summed E-state index contributed by atoms with van der Waals surface area (Å²) in [5, 5.41) is 32.9. The number of ether oxygens (including phenoxy) is 2. The van der Waals surface area contributed by atoms with Crippen molar-refractivity contribution in [1.82, 2.24) is 35.8 Å². The number of rotatable bonds is 14. The van der Waals surface area contributed by atoms with Crippen molar-refractivity contribution in [3.8, 4) is 6.07 Å². The molecule has 2 aromatic heterocycles. The summed E-state index contributed by atoms with van der Waals surface area (Å²) in [6, 6.07) is 9.17. The third kappa shape index (κ3) is 9.83. The normalized spacial score (nSPS) is 21.8. The van der Waals surface area contributed by atoms with Crippen LogP contribution in [-0.4, -0.2) is 76.4 Å². The van der Waals surface area contributed by atoms with Gasteiger partial charge in [-0.05, 0) is 82.5 Å². The standard InChI is InChI=1S/C30H43ClN10O2/c1-21(17-43-18-29-38-40-41(4)39-29)35-23-8-10-24(11-9-23)36-28(33-3)16-25(22(2)31)26-6-5-7-27(37-26)34-20-30(19-32)12-14-42-15-13-30/h5-7,16,21,23-24,35-36H,3,8-15,17-18,20H2,1-2,4H3,(H,34,37)/b25-22-,28-16+/t21-,23?,24?/m1/s1. The molecule has 2 aliphatic rings. The molecule has 3 N–H and O–H groups in total. The Morgan fingerprint density at radius 3 is 2.70 bits per heavy atom. The lowest BCUT2D eigenvalue weighted by molar-refractivity contribution is 0.0455. The summed E-state index contributed by atoms with van der Waals surface area (Å²) in [4.78, 5) is 10.5. The molecule has 1 aliphatic heterocycles. The van der Waals surface area contributed by atoms with Crippen molar-refractivity contribution in [1.29, 1.82) is 5.26 Å². The molecule has 1 saturated carbocycles. The largest absolute Gasteiger partial charge is 0.381 e. The zero-order valence-electron chi connectivity index (χ0n) is 25.4. The van der Waals surface area contributed by atoms with Crippen LogP contribution in [0.5, 0.6) is 0 Å². The number of nitrogens with one attached hydrogen (secondary N) is 3. The number of anilines is 1. The van der Waals surface area contributed by atoms with Gasteiger partial charge in [0.1, 0.15) is 18.2 Å². The van der Waals surface area contributed by atoms with Gasteiger partial charge < -0.3 is 25.4 Å². The number of aliphatic imine (C=N–C) groups is 1. The van der Waals surface area contributed by atoms with E-state index in [1.54, 1.807) is 7.05 Å². The number of nitriles is 1. The van der Waals surface area contributed by atoms with Crippen molar-refractivity contribution in [2.24, 2.45) is 17.5 Å². The van der Waals surface area contributed by atoms with Crippen LogP contribution in [0.25, 0.3) is 5.57 Å². The van der Waals surface area contributed by atoms with E-state index in [2.05, 4.69) is 56.1 Å². The fraction of sp³-hybridized carbons (Fsp3) is 0.600. The summed E-state index contributed by atoms with van der Waals surface area (Å²) in [7, 11) is 1.74. The average molecular weight is 611 g/mol. The first kappa shape index (κ1) is 32.5. The summed E-state index contributed by atoms with van der Waals surface area (Å²) in [5.41, 5.74) is 1.04. The number of aromatic nitrogens is 5. The number of hydrogen-bond donors (Lipinski definition) is 3. The van der Waals surface area contributed by atoms with E-state index in [1.807, 2.05) is 31.2 Å². The molecule has 1 atom stereocenters. The first-order valence-electron chi connectivity index (χ1n) is 14.9. The van der Waals surface area contributed by atoms with E-state index in [-0.39, 0.29) is 12.1 Å². The number of halogens is 1. The number of tetrazole rings is 1. The van der Waals surface area contributed by atoms with Gasteiger partial charge in [0.05, 0.1) is 30.8 Å². The minimum atomic E-state index is -0.448. The van der Waals surface area contributed by atoms with E-state index in [4.69, 9.17) is 26.1 Å². The van der Waals surface area contributed by atoms with Crippen LogP contribution in [0, 0.1) is 16.7 Å². The average Bonchev–Trinajstić information content (AvgIpc) is 3.44. The summed E-state index contributed by atoms with van der Waals surface area (Å²) in [5.74, 6) is 1.94. The highest BCUT2D eigenvalue weighted by Crippen LogP contribution is 2.30. The number of allylic oxidation sites excluding steroid dienone is 3. The van der Waals surface area contributed by atoms with Crippen molar-refractivity contribution in [2.45, 2.75) is 77.1 Å². The van der Waals surface area contributed by atoms with Crippen molar-refractivity contribution >= 4 is 29.7 Å². The summed E-state index contributed by atoms with van der Waals surface area (Å²) in [6.07, 6.45) is 7.42. The van der Waals surface area contributed by atoms with Crippen LogP contribution >= 0.6 is 11.6 Å². The van der Waals surface area contributed by atoms with Gasteiger partial charge in [-0.25, -0.2) is 9.98 Å². The van der Waals surface area contributed by atoms with E-state index < -0.39 is 5.41 Å². The number of pyridine rings is 1. The molecule has 0 spiro atoms. The highest BCUT2D eigenvalue weighted by atomic mass is 35.5. The minimum absolute atomic E-state index is 0.218. The van der Waals surface area contributed by atoms with E-state index in [0.717, 1.165) is 37.0 Å². The van der Waals surface area contributed by atoms with Crippen molar-refractivity contribution < 1.29 is 9.47 Å². The van der Waals surface area contributed by atoms with Crippen molar-refractivity contribution in [3.63, 3.8) is 0 Å². The van der Waals surface area contributed by atoms with E-state index >= 15 is 0 Å². The molecule has 43 heavy (non-hydrogen) atoms. The second-order valence-electron chi connectivity index (χ2n) is 11.4. The molecule has 0 aromatic carbocycles. The Morgan fingerprint density at radius 1 is 1.30 bits per heavy atom. The molecule has 12 nitrogen and oxygen atoms in total. The van der Waals surface area contributed by atoms with Crippen molar-refractivity contribution in [2.75, 3.05) is 31.7 Å². The van der Waals surface area contributed by atoms with Gasteiger partial charge in [0.2, 0.25) is 0 Å². The van der Waals surface area contributed by atoms with Gasteiger partial charge in [0.15, 0.2) is 5.82 Å². The predicted molar refractivity (Wildman–Crippen MR) is 167 cm³/mol. The van der Waals surface area contributed by atoms with Gasteiger partial charge in [-0.3, -0.25) is 0 Å². The minimum Gasteiger partial charge on any atom is -0.381 e. The van der Waals surface area contributed by atoms with Crippen LogP contribution in [0.15, 0.2) is 40.1 Å². The van der Waals surface area contributed by atoms with Gasteiger partial charge in [-0.2, -0.15) is 10.1 Å². The van der Waals surface area contributed by atoms with Crippen LogP contribution in [0.1, 0.15) is 63.9 Å². The highest BCUT2D eigenvalue weighted by molar-refractivity contribution is 6.32. The Hall–Kier alpha value is -3.37. The Kier molecular flexibility index (Phi) is 12.0. The molecule has 1 saturated heterocycles. The number of aryl methyl sites for hydroxylation is 1. The van der Waals surface area contributed by atoms with Gasteiger partial charge in [-0.15, -0.1) is 10.2 Å². The quantitative estimate of drug-likeness (QED) is 0.212. The summed E-state index contributed by atoms with van der Waals surface area (Å²) in [6.45, 7) is 10.4. The molecule has 0 bridgehead atoms. The maximum absolute atomic E-state index is 9.78. The monoisotopic (exact) mass is 610 g/mol. The Labute approximate surface area is 259 Å². The van der Waals surface area contributed by atoms with Crippen LogP contribution in [0.3, 0.4) is 0 Å². The second-order valence-corrected chi connectivity index (χ2v) is 11.9. The smallest absolute Gasteiger partial charge is 0.200 e. The van der Waals surface area contributed by atoms with Gasteiger partial charge >= 0.3 is 0 Å². The number of hydrogen-bond acceptors (Lipinski definition) is 11. The first-order chi connectivity index (χ1) is 20.8. The van der Waals surface area contributed by atoms with E-state index in [1.165, 1.54) is 4.80 Å². The lowest BCUT2D eigenvalue weighted by atomic mass is 9.82. The van der Waals surface area contributed by atoms with Gasteiger partial charge in [0.25, 0.3) is 0 Å². The fourth-order valence-electron chi connectivity index (χ4n) is 5.42. The lowest BCUT2D eigenvalue weighted by Gasteiger charge is -2.32. The topological polar surface area (TPSA) is 147 Å². The molecular formula is C30H43ClN10O2. The Morgan fingerprint density at radius 2 is 2.05 bits per heavy atom. The second kappa shape index (κ2) is 15.9. The molecule has 3 heterocycles. The molecule has 0 amide bonds. The molecule has 232 valence electrons. The van der Waals surface area contributed by atoms with Crippen LogP contribution in [0.2, 0.25) is 0 Å². The Balaban J connectivity index is 1.28. The van der Waals surface area contributed by atoms with Gasteiger partial charge in [0, 0.05) is 48.5 Å². The van der Waals surface area contributed by atoms with Crippen molar-refractivity contribution in [3.05, 3.63) is 46.6 Å².